The van der Waals surface area contributed by atoms with E-state index in [0.717, 1.165) is 48.4 Å². The Labute approximate surface area is 170 Å². The lowest BCUT2D eigenvalue weighted by Gasteiger charge is -2.45. The number of alkyl halides is 3. The number of carbonyl (C=O) groups is 1. The van der Waals surface area contributed by atoms with E-state index in [9.17, 15) is 18.0 Å². The van der Waals surface area contributed by atoms with Crippen LogP contribution in [-0.2, 0) is 29.5 Å². The molecule has 2 aromatic rings. The second-order valence-electron chi connectivity index (χ2n) is 7.83. The Morgan fingerprint density at radius 2 is 2.10 bits per heavy atom. The van der Waals surface area contributed by atoms with Crippen LogP contribution >= 0.6 is 11.3 Å². The predicted molar refractivity (Wildman–Crippen MR) is 102 cm³/mol. The van der Waals surface area contributed by atoms with Crippen LogP contribution < -0.4 is 0 Å². The summed E-state index contributed by atoms with van der Waals surface area (Å²) in [7, 11) is 0. The number of ether oxygens (including phenoxy) is 1. The van der Waals surface area contributed by atoms with E-state index in [-0.39, 0.29) is 11.7 Å². The summed E-state index contributed by atoms with van der Waals surface area (Å²) in [6.07, 6.45) is 0.107. The number of piperidine rings is 1. The first-order valence-corrected chi connectivity index (χ1v) is 10.4. The van der Waals surface area contributed by atoms with Gasteiger partial charge < -0.3 is 4.74 Å². The summed E-state index contributed by atoms with van der Waals surface area (Å²) in [5.74, 6) is -1.10. The van der Waals surface area contributed by atoms with Gasteiger partial charge >= 0.3 is 6.18 Å². The van der Waals surface area contributed by atoms with E-state index >= 15 is 0 Å². The molecule has 4 rings (SSSR count). The maximum Gasteiger partial charge on any atom is 0.451 e. The zero-order chi connectivity index (χ0) is 20.8. The Balaban J connectivity index is 1.48. The normalized spacial score (nSPS) is 21.9. The minimum absolute atomic E-state index is 0.0914. The minimum atomic E-state index is -4.53. The molecule has 2 aliphatic heterocycles. The Morgan fingerprint density at radius 3 is 2.72 bits per heavy atom. The number of aldehydes is 1. The summed E-state index contributed by atoms with van der Waals surface area (Å²) < 4.78 is 44.7. The summed E-state index contributed by atoms with van der Waals surface area (Å²) in [5.41, 5.74) is 1.88. The largest absolute Gasteiger partial charge is 0.451 e. The van der Waals surface area contributed by atoms with Gasteiger partial charge in [-0.1, -0.05) is 0 Å². The molecule has 0 amide bonds. The summed E-state index contributed by atoms with van der Waals surface area (Å²) in [6.45, 7) is 5.65. The smallest absolute Gasteiger partial charge is 0.366 e. The average molecular weight is 425 g/mol. The molecule has 4 heterocycles. The van der Waals surface area contributed by atoms with Crippen molar-refractivity contribution in [3.8, 4) is 0 Å². The third-order valence-corrected chi connectivity index (χ3v) is 6.97. The number of aromatic nitrogens is 2. The number of aryl methyl sites for hydroxylation is 1. The van der Waals surface area contributed by atoms with Gasteiger partial charge in [0, 0.05) is 42.0 Å². The van der Waals surface area contributed by atoms with Gasteiger partial charge in [0.25, 0.3) is 0 Å². The van der Waals surface area contributed by atoms with Crippen LogP contribution in [-0.4, -0.2) is 40.3 Å². The molecule has 2 aromatic heterocycles. The van der Waals surface area contributed by atoms with Crippen LogP contribution in [0.25, 0.3) is 0 Å². The second-order valence-corrected chi connectivity index (χ2v) is 8.91. The highest BCUT2D eigenvalue weighted by molar-refractivity contribution is 7.14. The van der Waals surface area contributed by atoms with Gasteiger partial charge in [0.05, 0.1) is 11.0 Å². The van der Waals surface area contributed by atoms with Crippen molar-refractivity contribution in [2.75, 3.05) is 13.1 Å². The van der Waals surface area contributed by atoms with Gasteiger partial charge in [-0.05, 0) is 44.7 Å². The highest BCUT2D eigenvalue weighted by Gasteiger charge is 2.44. The van der Waals surface area contributed by atoms with Gasteiger partial charge in [-0.2, -0.15) is 13.2 Å². The molecule has 0 bridgehead atoms. The van der Waals surface area contributed by atoms with Crippen LogP contribution in [0.1, 0.15) is 57.0 Å². The third kappa shape index (κ3) is 3.95. The van der Waals surface area contributed by atoms with Gasteiger partial charge in [0.1, 0.15) is 5.60 Å². The molecule has 1 atom stereocenters. The van der Waals surface area contributed by atoms with Gasteiger partial charge in [0.15, 0.2) is 6.29 Å². The van der Waals surface area contributed by atoms with E-state index < -0.39 is 12.0 Å². The Bertz CT molecular complexity index is 920. The fourth-order valence-corrected chi connectivity index (χ4v) is 5.47. The predicted octanol–water partition coefficient (Wildman–Crippen LogP) is 4.13. The molecular formula is C20H22F3N3O2S. The first kappa shape index (κ1) is 20.4. The molecule has 0 radical (unpaired) electrons. The third-order valence-electron chi connectivity index (χ3n) is 5.68. The van der Waals surface area contributed by atoms with Gasteiger partial charge in [-0.25, -0.2) is 9.97 Å². The number of hydrogen-bond donors (Lipinski definition) is 0. The molecular weight excluding hydrogens is 403 g/mol. The lowest BCUT2D eigenvalue weighted by atomic mass is 9.84. The molecule has 1 spiro atoms. The Morgan fingerprint density at radius 1 is 1.38 bits per heavy atom. The topological polar surface area (TPSA) is 55.3 Å². The number of halogens is 3. The van der Waals surface area contributed by atoms with Gasteiger partial charge in [-0.15, -0.1) is 11.3 Å². The quantitative estimate of drug-likeness (QED) is 0.692. The van der Waals surface area contributed by atoms with Crippen molar-refractivity contribution in [3.05, 3.63) is 44.7 Å². The van der Waals surface area contributed by atoms with Crippen LogP contribution in [0.2, 0.25) is 0 Å². The molecule has 9 heteroatoms. The standard InChI is InChI=1S/C20H22F3N3O2S/c1-12-7-14-8-16(11-27)29-17(14)19(28-12)3-5-26(6-4-19)10-15-9-24-18(20(21,22)23)25-13(15)2/h8-9,11-12H,3-7,10H2,1-2H3. The highest BCUT2D eigenvalue weighted by Crippen LogP contribution is 2.47. The average Bonchev–Trinajstić information content (AvgIpc) is 3.08. The monoisotopic (exact) mass is 425 g/mol. The number of nitrogens with zero attached hydrogens (tertiary/aromatic N) is 3. The summed E-state index contributed by atoms with van der Waals surface area (Å²) in [5, 5.41) is 0. The molecule has 29 heavy (non-hydrogen) atoms. The fourth-order valence-electron chi connectivity index (χ4n) is 4.28. The minimum Gasteiger partial charge on any atom is -0.366 e. The van der Waals surface area contributed by atoms with E-state index in [1.54, 1.807) is 6.92 Å². The van der Waals surface area contributed by atoms with Crippen molar-refractivity contribution >= 4 is 17.6 Å². The Hall–Kier alpha value is -1.84. The van der Waals surface area contributed by atoms with E-state index in [1.807, 2.05) is 6.07 Å². The molecule has 0 aliphatic carbocycles. The SMILES string of the molecule is Cc1nc(C(F)(F)F)ncc1CN1CCC2(CC1)OC(C)Cc1cc(C=O)sc12. The molecule has 0 saturated carbocycles. The van der Waals surface area contributed by atoms with Crippen LogP contribution in [0.15, 0.2) is 12.3 Å². The van der Waals surface area contributed by atoms with Crippen molar-refractivity contribution in [2.24, 2.45) is 0 Å². The lowest BCUT2D eigenvalue weighted by Crippen LogP contribution is -2.47. The van der Waals surface area contributed by atoms with E-state index in [1.165, 1.54) is 23.1 Å². The number of carbonyl (C=O) groups excluding carboxylic acids is 1. The number of thiophene rings is 1. The van der Waals surface area contributed by atoms with Crippen molar-refractivity contribution in [2.45, 2.75) is 57.5 Å². The molecule has 1 fully saturated rings. The van der Waals surface area contributed by atoms with Gasteiger partial charge in [-0.3, -0.25) is 9.69 Å². The van der Waals surface area contributed by atoms with Gasteiger partial charge in [0.2, 0.25) is 5.82 Å². The summed E-state index contributed by atoms with van der Waals surface area (Å²) in [4.78, 5) is 22.4. The van der Waals surface area contributed by atoms with E-state index in [0.29, 0.717) is 17.8 Å². The summed E-state index contributed by atoms with van der Waals surface area (Å²) in [6, 6.07) is 1.98. The Kier molecular flexibility index (Phi) is 5.25. The molecule has 5 nitrogen and oxygen atoms in total. The maximum absolute atomic E-state index is 12.8. The molecule has 156 valence electrons. The van der Waals surface area contributed by atoms with Crippen LogP contribution in [0.4, 0.5) is 13.2 Å². The molecule has 1 saturated heterocycles. The molecule has 0 N–H and O–H groups in total. The first-order valence-electron chi connectivity index (χ1n) is 9.58. The van der Waals surface area contributed by atoms with Crippen LogP contribution in [0.5, 0.6) is 0 Å². The fraction of sp³-hybridized carbons (Fsp3) is 0.550. The van der Waals surface area contributed by atoms with Crippen LogP contribution in [0.3, 0.4) is 0 Å². The summed E-state index contributed by atoms with van der Waals surface area (Å²) >= 11 is 1.52. The first-order chi connectivity index (χ1) is 13.7. The zero-order valence-corrected chi connectivity index (χ0v) is 17.1. The highest BCUT2D eigenvalue weighted by atomic mass is 32.1. The van der Waals surface area contributed by atoms with Crippen LogP contribution in [0, 0.1) is 6.92 Å². The molecule has 2 aliphatic rings. The number of likely N-dealkylation sites (tertiary alicyclic amines) is 1. The van der Waals surface area contributed by atoms with Crippen molar-refractivity contribution in [1.29, 1.82) is 0 Å². The zero-order valence-electron chi connectivity index (χ0n) is 16.3. The maximum atomic E-state index is 12.8. The number of hydrogen-bond acceptors (Lipinski definition) is 6. The number of rotatable bonds is 3. The van der Waals surface area contributed by atoms with Crippen molar-refractivity contribution < 1.29 is 22.7 Å². The molecule has 1 unspecified atom stereocenters. The van der Waals surface area contributed by atoms with Crippen molar-refractivity contribution in [1.82, 2.24) is 14.9 Å². The number of fused-ring (bicyclic) bond motifs is 2. The van der Waals surface area contributed by atoms with E-state index in [2.05, 4.69) is 21.8 Å². The van der Waals surface area contributed by atoms with Crippen molar-refractivity contribution in [3.63, 3.8) is 0 Å². The second kappa shape index (κ2) is 7.45. The van der Waals surface area contributed by atoms with E-state index in [4.69, 9.17) is 4.74 Å². The molecule has 0 aromatic carbocycles. The lowest BCUT2D eigenvalue weighted by molar-refractivity contribution is -0.145.